The summed E-state index contributed by atoms with van der Waals surface area (Å²) in [7, 11) is 0. The van der Waals surface area contributed by atoms with E-state index in [4.69, 9.17) is 10.5 Å². The number of carbonyl (C=O) groups excluding carboxylic acids is 1. The fourth-order valence-electron chi connectivity index (χ4n) is 2.33. The van der Waals surface area contributed by atoms with E-state index in [2.05, 4.69) is 19.2 Å². The molecule has 4 nitrogen and oxygen atoms in total. The van der Waals surface area contributed by atoms with Crippen molar-refractivity contribution in [1.82, 2.24) is 5.32 Å². The Morgan fingerprint density at radius 1 is 1.29 bits per heavy atom. The van der Waals surface area contributed by atoms with Crippen molar-refractivity contribution in [3.8, 4) is 5.75 Å². The summed E-state index contributed by atoms with van der Waals surface area (Å²) < 4.78 is 5.74. The Balaban J connectivity index is 0.00000288. The standard InChI is InChI=1S/C18H24N2O2S.ClH/c1-13(2)9-15(11-19)20-18(21)14-5-3-6-16(10-14)22-12-17-7-4-8-23-17;/h3-8,10,13,15H,9,11-12,19H2,1-2H3,(H,20,21);1H. The lowest BCUT2D eigenvalue weighted by molar-refractivity contribution is 0.0933. The molecule has 0 radical (unpaired) electrons. The quantitative estimate of drug-likeness (QED) is 0.743. The van der Waals surface area contributed by atoms with E-state index in [1.54, 1.807) is 23.5 Å². The maximum atomic E-state index is 12.4. The Morgan fingerprint density at radius 3 is 2.71 bits per heavy atom. The lowest BCUT2D eigenvalue weighted by Crippen LogP contribution is -2.41. The first-order valence-electron chi connectivity index (χ1n) is 7.84. The van der Waals surface area contributed by atoms with Crippen LogP contribution in [0.2, 0.25) is 0 Å². The maximum absolute atomic E-state index is 12.4. The Morgan fingerprint density at radius 2 is 2.08 bits per heavy atom. The topological polar surface area (TPSA) is 64.3 Å². The van der Waals surface area contributed by atoms with Gasteiger partial charge in [-0.2, -0.15) is 0 Å². The number of thiophene rings is 1. The van der Waals surface area contributed by atoms with Crippen molar-refractivity contribution in [3.63, 3.8) is 0 Å². The summed E-state index contributed by atoms with van der Waals surface area (Å²) in [6.45, 7) is 5.20. The van der Waals surface area contributed by atoms with E-state index in [9.17, 15) is 4.79 Å². The zero-order valence-corrected chi connectivity index (χ0v) is 15.7. The third-order valence-electron chi connectivity index (χ3n) is 3.43. The minimum Gasteiger partial charge on any atom is -0.488 e. The molecular formula is C18H25ClN2O2S. The molecule has 3 N–H and O–H groups in total. The SMILES string of the molecule is CC(C)CC(CN)NC(=O)c1cccc(OCc2cccs2)c1.Cl. The number of amides is 1. The van der Waals surface area contributed by atoms with Gasteiger partial charge in [-0.25, -0.2) is 0 Å². The number of nitrogens with two attached hydrogens (primary N) is 1. The van der Waals surface area contributed by atoms with Crippen LogP contribution < -0.4 is 15.8 Å². The van der Waals surface area contributed by atoms with Crippen LogP contribution in [-0.2, 0) is 6.61 Å². The zero-order valence-electron chi connectivity index (χ0n) is 14.0. The Bertz CT molecular complexity index is 617. The van der Waals surface area contributed by atoms with Gasteiger partial charge in [0.1, 0.15) is 12.4 Å². The van der Waals surface area contributed by atoms with Gasteiger partial charge < -0.3 is 15.8 Å². The number of nitrogens with one attached hydrogen (secondary N) is 1. The zero-order chi connectivity index (χ0) is 16.7. The molecule has 0 spiro atoms. The second-order valence-electron chi connectivity index (χ2n) is 5.93. The van der Waals surface area contributed by atoms with Crippen molar-refractivity contribution in [2.75, 3.05) is 6.54 Å². The molecule has 0 aliphatic rings. The number of hydrogen-bond donors (Lipinski definition) is 2. The van der Waals surface area contributed by atoms with E-state index in [1.165, 1.54) is 0 Å². The van der Waals surface area contributed by atoms with Gasteiger partial charge in [0.15, 0.2) is 0 Å². The average Bonchev–Trinajstić information content (AvgIpc) is 3.05. The van der Waals surface area contributed by atoms with E-state index in [1.807, 2.05) is 29.6 Å². The molecule has 1 aromatic heterocycles. The van der Waals surface area contributed by atoms with Gasteiger partial charge >= 0.3 is 0 Å². The molecule has 1 atom stereocenters. The monoisotopic (exact) mass is 368 g/mol. The lowest BCUT2D eigenvalue weighted by Gasteiger charge is -2.19. The Kier molecular flexibility index (Phi) is 8.82. The molecule has 6 heteroatoms. The van der Waals surface area contributed by atoms with Gasteiger partial charge in [-0.05, 0) is 42.0 Å². The molecule has 1 aromatic carbocycles. The second kappa shape index (κ2) is 10.3. The fraction of sp³-hybridized carbons (Fsp3) is 0.389. The maximum Gasteiger partial charge on any atom is 0.251 e. The van der Waals surface area contributed by atoms with Crippen molar-refractivity contribution >= 4 is 29.7 Å². The van der Waals surface area contributed by atoms with Gasteiger partial charge in [0.25, 0.3) is 5.91 Å². The lowest BCUT2D eigenvalue weighted by atomic mass is 10.0. The van der Waals surface area contributed by atoms with Gasteiger partial charge in [-0.3, -0.25) is 4.79 Å². The van der Waals surface area contributed by atoms with E-state index in [0.717, 1.165) is 11.3 Å². The predicted octanol–water partition coefficient (Wildman–Crippen LogP) is 3.85. The molecule has 0 aliphatic carbocycles. The van der Waals surface area contributed by atoms with Crippen LogP contribution in [0.4, 0.5) is 0 Å². The molecule has 1 amide bonds. The fourth-order valence-corrected chi connectivity index (χ4v) is 2.94. The van der Waals surface area contributed by atoms with Crippen molar-refractivity contribution in [2.24, 2.45) is 11.7 Å². The molecule has 0 saturated heterocycles. The van der Waals surface area contributed by atoms with Crippen molar-refractivity contribution < 1.29 is 9.53 Å². The third kappa shape index (κ3) is 6.51. The molecule has 2 aromatic rings. The summed E-state index contributed by atoms with van der Waals surface area (Å²) in [5.74, 6) is 1.08. The second-order valence-corrected chi connectivity index (χ2v) is 6.96. The highest BCUT2D eigenvalue weighted by molar-refractivity contribution is 7.09. The molecule has 1 heterocycles. The number of carbonyl (C=O) groups is 1. The van der Waals surface area contributed by atoms with Crippen molar-refractivity contribution in [2.45, 2.75) is 32.9 Å². The summed E-state index contributed by atoms with van der Waals surface area (Å²) in [6, 6.07) is 11.3. The highest BCUT2D eigenvalue weighted by Crippen LogP contribution is 2.17. The first-order valence-corrected chi connectivity index (χ1v) is 8.72. The van der Waals surface area contributed by atoms with E-state index in [0.29, 0.717) is 30.4 Å². The molecular weight excluding hydrogens is 344 g/mol. The Labute approximate surface area is 153 Å². The molecule has 0 aliphatic heterocycles. The van der Waals surface area contributed by atoms with Crippen LogP contribution in [0.5, 0.6) is 5.75 Å². The van der Waals surface area contributed by atoms with Crippen LogP contribution >= 0.6 is 23.7 Å². The summed E-state index contributed by atoms with van der Waals surface area (Å²) in [6.07, 6.45) is 0.872. The van der Waals surface area contributed by atoms with Crippen LogP contribution in [0.15, 0.2) is 41.8 Å². The minimum absolute atomic E-state index is 0. The van der Waals surface area contributed by atoms with Gasteiger partial charge in [0.05, 0.1) is 0 Å². The number of hydrogen-bond acceptors (Lipinski definition) is 4. The average molecular weight is 369 g/mol. The normalized spacial score (nSPS) is 11.7. The van der Waals surface area contributed by atoms with Crippen molar-refractivity contribution in [1.29, 1.82) is 0 Å². The van der Waals surface area contributed by atoms with Gasteiger partial charge in [-0.15, -0.1) is 23.7 Å². The smallest absolute Gasteiger partial charge is 0.251 e. The molecule has 0 bridgehead atoms. The minimum atomic E-state index is -0.109. The molecule has 0 fully saturated rings. The largest absolute Gasteiger partial charge is 0.488 e. The highest BCUT2D eigenvalue weighted by atomic mass is 35.5. The van der Waals surface area contributed by atoms with Gasteiger partial charge in [0, 0.05) is 23.0 Å². The first kappa shape index (κ1) is 20.5. The summed E-state index contributed by atoms with van der Waals surface area (Å²) >= 11 is 1.65. The number of halogens is 1. The van der Waals surface area contributed by atoms with Crippen LogP contribution in [0.25, 0.3) is 0 Å². The van der Waals surface area contributed by atoms with Crippen LogP contribution in [0.3, 0.4) is 0 Å². The van der Waals surface area contributed by atoms with E-state index in [-0.39, 0.29) is 24.4 Å². The van der Waals surface area contributed by atoms with Gasteiger partial charge in [0.2, 0.25) is 0 Å². The number of rotatable bonds is 8. The molecule has 24 heavy (non-hydrogen) atoms. The summed E-state index contributed by atoms with van der Waals surface area (Å²) in [5.41, 5.74) is 6.33. The Hall–Kier alpha value is -1.56. The molecule has 1 unspecified atom stereocenters. The number of ether oxygens (including phenoxy) is 1. The van der Waals surface area contributed by atoms with Crippen LogP contribution in [0, 0.1) is 5.92 Å². The van der Waals surface area contributed by atoms with E-state index >= 15 is 0 Å². The highest BCUT2D eigenvalue weighted by Gasteiger charge is 2.14. The van der Waals surface area contributed by atoms with Crippen molar-refractivity contribution in [3.05, 3.63) is 52.2 Å². The number of benzene rings is 1. The molecule has 0 saturated carbocycles. The molecule has 132 valence electrons. The van der Waals surface area contributed by atoms with Gasteiger partial charge in [-0.1, -0.05) is 26.0 Å². The third-order valence-corrected chi connectivity index (χ3v) is 4.28. The van der Waals surface area contributed by atoms with Crippen LogP contribution in [-0.4, -0.2) is 18.5 Å². The van der Waals surface area contributed by atoms with Crippen LogP contribution in [0.1, 0.15) is 35.5 Å². The molecule has 2 rings (SSSR count). The summed E-state index contributed by atoms with van der Waals surface area (Å²) in [5, 5.41) is 5.01. The van der Waals surface area contributed by atoms with E-state index < -0.39 is 0 Å². The first-order chi connectivity index (χ1) is 11.1. The summed E-state index contributed by atoms with van der Waals surface area (Å²) in [4.78, 5) is 13.5. The predicted molar refractivity (Wildman–Crippen MR) is 102 cm³/mol.